The molecular weight excluding hydrogens is 260 g/mol. The van der Waals surface area contributed by atoms with Gasteiger partial charge in [0.1, 0.15) is 13.2 Å². The Labute approximate surface area is 117 Å². The van der Waals surface area contributed by atoms with E-state index in [0.29, 0.717) is 16.9 Å². The Hall–Kier alpha value is -2.50. The van der Waals surface area contributed by atoms with Gasteiger partial charge in [-0.1, -0.05) is 12.6 Å². The molecule has 1 rings (SSSR count). The minimum atomic E-state index is -0.634. The maximum Gasteiger partial charge on any atom is 0.411 e. The van der Waals surface area contributed by atoms with Crippen LogP contribution in [0.15, 0.2) is 30.4 Å². The number of carbonyl (C=O) groups excluding carboxylic acids is 2. The lowest BCUT2D eigenvalue weighted by Gasteiger charge is -2.10. The van der Waals surface area contributed by atoms with Gasteiger partial charge in [-0.05, 0) is 31.5 Å². The van der Waals surface area contributed by atoms with Gasteiger partial charge < -0.3 is 15.2 Å². The minimum absolute atomic E-state index is 0.0188. The zero-order valence-electron chi connectivity index (χ0n) is 11.6. The smallest absolute Gasteiger partial charge is 0.411 e. The summed E-state index contributed by atoms with van der Waals surface area (Å²) in [5, 5.41) is 2.56. The lowest BCUT2D eigenvalue weighted by atomic mass is 10.1. The van der Waals surface area contributed by atoms with Crippen LogP contribution >= 0.6 is 0 Å². The third-order valence-electron chi connectivity index (χ3n) is 2.51. The van der Waals surface area contributed by atoms with E-state index >= 15 is 0 Å². The van der Waals surface area contributed by atoms with Crippen molar-refractivity contribution in [2.24, 2.45) is 0 Å². The van der Waals surface area contributed by atoms with Crippen LogP contribution in [0.2, 0.25) is 0 Å². The fourth-order valence-corrected chi connectivity index (χ4v) is 1.33. The number of anilines is 2. The van der Waals surface area contributed by atoms with Gasteiger partial charge in [0.2, 0.25) is 0 Å². The van der Waals surface area contributed by atoms with E-state index in [1.807, 2.05) is 0 Å². The molecule has 3 N–H and O–H groups in total. The van der Waals surface area contributed by atoms with Gasteiger partial charge in [0, 0.05) is 16.9 Å². The SMILES string of the molecule is C=C(C)C(=O)OCCOC(=O)Nc1cccc(N)c1C. The molecule has 0 saturated carbocycles. The maximum absolute atomic E-state index is 11.5. The molecule has 6 nitrogen and oxygen atoms in total. The highest BCUT2D eigenvalue weighted by atomic mass is 16.6. The number of carbonyl (C=O) groups is 2. The number of nitrogen functional groups attached to an aromatic ring is 1. The lowest BCUT2D eigenvalue weighted by Crippen LogP contribution is -2.18. The van der Waals surface area contributed by atoms with Crippen molar-refractivity contribution >= 4 is 23.4 Å². The second-order valence-electron chi connectivity index (χ2n) is 4.20. The summed E-state index contributed by atoms with van der Waals surface area (Å²) >= 11 is 0. The van der Waals surface area contributed by atoms with Gasteiger partial charge in [0.05, 0.1) is 0 Å². The summed E-state index contributed by atoms with van der Waals surface area (Å²) in [7, 11) is 0. The number of hydrogen-bond acceptors (Lipinski definition) is 5. The third kappa shape index (κ3) is 4.64. The van der Waals surface area contributed by atoms with E-state index in [1.54, 1.807) is 32.0 Å². The van der Waals surface area contributed by atoms with Gasteiger partial charge >= 0.3 is 12.1 Å². The highest BCUT2D eigenvalue weighted by Crippen LogP contribution is 2.20. The molecule has 1 aromatic rings. The Kier molecular flexibility index (Phi) is 5.58. The molecule has 0 spiro atoms. The Morgan fingerprint density at radius 2 is 1.95 bits per heavy atom. The number of nitrogens with two attached hydrogens (primary N) is 1. The molecule has 0 fully saturated rings. The molecule has 0 aliphatic heterocycles. The maximum atomic E-state index is 11.5. The van der Waals surface area contributed by atoms with Crippen LogP contribution in [0.25, 0.3) is 0 Å². The van der Waals surface area contributed by atoms with Crippen LogP contribution in [-0.2, 0) is 14.3 Å². The summed E-state index contributed by atoms with van der Waals surface area (Å²) in [5.41, 5.74) is 7.94. The summed E-state index contributed by atoms with van der Waals surface area (Å²) < 4.78 is 9.66. The molecule has 108 valence electrons. The Bertz CT molecular complexity index is 526. The standard InChI is InChI=1S/C14H18N2O4/c1-9(2)13(17)19-7-8-20-14(18)16-12-6-4-5-11(15)10(12)3/h4-6H,1,7-8,15H2,2-3H3,(H,16,18). The number of benzene rings is 1. The van der Waals surface area contributed by atoms with Crippen molar-refractivity contribution in [3.8, 4) is 0 Å². The molecule has 0 aliphatic carbocycles. The van der Waals surface area contributed by atoms with Crippen molar-refractivity contribution in [3.63, 3.8) is 0 Å². The number of nitrogens with one attached hydrogen (secondary N) is 1. The molecule has 1 amide bonds. The molecule has 0 bridgehead atoms. The van der Waals surface area contributed by atoms with Crippen LogP contribution in [0.1, 0.15) is 12.5 Å². The summed E-state index contributed by atoms with van der Waals surface area (Å²) in [5.74, 6) is -0.513. The summed E-state index contributed by atoms with van der Waals surface area (Å²) in [6, 6.07) is 5.18. The largest absolute Gasteiger partial charge is 0.459 e. The monoisotopic (exact) mass is 278 g/mol. The van der Waals surface area contributed by atoms with Gasteiger partial charge in [0.25, 0.3) is 0 Å². The number of ether oxygens (including phenoxy) is 2. The average molecular weight is 278 g/mol. The van der Waals surface area contributed by atoms with Crippen LogP contribution in [0.5, 0.6) is 0 Å². The van der Waals surface area contributed by atoms with E-state index in [4.69, 9.17) is 15.2 Å². The highest BCUT2D eigenvalue weighted by molar-refractivity contribution is 5.87. The first-order chi connectivity index (χ1) is 9.41. The van der Waals surface area contributed by atoms with E-state index in [2.05, 4.69) is 11.9 Å². The van der Waals surface area contributed by atoms with Gasteiger partial charge in [0.15, 0.2) is 0 Å². The van der Waals surface area contributed by atoms with E-state index in [9.17, 15) is 9.59 Å². The normalized spacial score (nSPS) is 9.70. The molecule has 0 heterocycles. The fraction of sp³-hybridized carbons (Fsp3) is 0.286. The predicted octanol–water partition coefficient (Wildman–Crippen LogP) is 2.25. The first-order valence-corrected chi connectivity index (χ1v) is 6.03. The van der Waals surface area contributed by atoms with Gasteiger partial charge in [-0.2, -0.15) is 0 Å². The van der Waals surface area contributed by atoms with Crippen LogP contribution in [0.3, 0.4) is 0 Å². The molecule has 0 saturated heterocycles. The second-order valence-corrected chi connectivity index (χ2v) is 4.20. The van der Waals surface area contributed by atoms with Crippen LogP contribution in [-0.4, -0.2) is 25.3 Å². The topological polar surface area (TPSA) is 90.6 Å². The van der Waals surface area contributed by atoms with Gasteiger partial charge in [-0.15, -0.1) is 0 Å². The second kappa shape index (κ2) is 7.18. The number of esters is 1. The molecule has 0 aliphatic rings. The van der Waals surface area contributed by atoms with Crippen molar-refractivity contribution < 1.29 is 19.1 Å². The van der Waals surface area contributed by atoms with Crippen molar-refractivity contribution in [2.45, 2.75) is 13.8 Å². The Balaban J connectivity index is 2.36. The molecule has 6 heteroatoms. The van der Waals surface area contributed by atoms with Crippen molar-refractivity contribution in [3.05, 3.63) is 35.9 Å². The zero-order valence-corrected chi connectivity index (χ0v) is 11.6. The highest BCUT2D eigenvalue weighted by Gasteiger charge is 2.08. The third-order valence-corrected chi connectivity index (χ3v) is 2.51. The Morgan fingerprint density at radius 1 is 1.30 bits per heavy atom. The molecule has 0 unspecified atom stereocenters. The van der Waals surface area contributed by atoms with Crippen molar-refractivity contribution in [1.29, 1.82) is 0 Å². The molecule has 0 aromatic heterocycles. The molecule has 0 atom stereocenters. The lowest BCUT2D eigenvalue weighted by molar-refractivity contribution is -0.139. The van der Waals surface area contributed by atoms with Gasteiger partial charge in [-0.3, -0.25) is 5.32 Å². The molecule has 1 aromatic carbocycles. The zero-order chi connectivity index (χ0) is 15.1. The molecule has 0 radical (unpaired) electrons. The van der Waals surface area contributed by atoms with E-state index in [0.717, 1.165) is 5.56 Å². The first-order valence-electron chi connectivity index (χ1n) is 6.03. The number of amides is 1. The summed E-state index contributed by atoms with van der Waals surface area (Å²) in [6.45, 7) is 6.71. The van der Waals surface area contributed by atoms with E-state index in [-0.39, 0.29) is 13.2 Å². The van der Waals surface area contributed by atoms with Crippen LogP contribution in [0, 0.1) is 6.92 Å². The molecule has 20 heavy (non-hydrogen) atoms. The van der Waals surface area contributed by atoms with E-state index in [1.165, 1.54) is 0 Å². The van der Waals surface area contributed by atoms with Crippen LogP contribution in [0.4, 0.5) is 16.2 Å². The average Bonchev–Trinajstić information content (AvgIpc) is 2.39. The summed E-state index contributed by atoms with van der Waals surface area (Å²) in [6.07, 6.45) is -0.634. The van der Waals surface area contributed by atoms with E-state index < -0.39 is 12.1 Å². The summed E-state index contributed by atoms with van der Waals surface area (Å²) in [4.78, 5) is 22.6. The van der Waals surface area contributed by atoms with Gasteiger partial charge in [-0.25, -0.2) is 9.59 Å². The quantitative estimate of drug-likeness (QED) is 0.373. The first kappa shape index (κ1) is 15.6. The van der Waals surface area contributed by atoms with Crippen molar-refractivity contribution in [2.75, 3.05) is 24.3 Å². The Morgan fingerprint density at radius 3 is 2.60 bits per heavy atom. The number of hydrogen-bond donors (Lipinski definition) is 2. The minimum Gasteiger partial charge on any atom is -0.459 e. The predicted molar refractivity (Wildman–Crippen MR) is 76.3 cm³/mol. The van der Waals surface area contributed by atoms with Crippen molar-refractivity contribution in [1.82, 2.24) is 0 Å². The number of rotatable bonds is 5. The molecular formula is C14H18N2O4. The van der Waals surface area contributed by atoms with Crippen LogP contribution < -0.4 is 11.1 Å². The fourth-order valence-electron chi connectivity index (χ4n) is 1.33.